The minimum absolute atomic E-state index is 0.0126. The lowest BCUT2D eigenvalue weighted by atomic mass is 10.0. The zero-order valence-electron chi connectivity index (χ0n) is 14.2. The number of likely N-dealkylation sites (N-methyl/N-ethyl adjacent to an activating group) is 1. The van der Waals surface area contributed by atoms with Gasteiger partial charge >= 0.3 is 0 Å². The predicted octanol–water partition coefficient (Wildman–Crippen LogP) is 1.51. The smallest absolute Gasteiger partial charge is 0.256 e. The summed E-state index contributed by atoms with van der Waals surface area (Å²) in [5, 5.41) is 0. The molecule has 0 aliphatic carbocycles. The number of nitrogens with zero attached hydrogens (tertiary/aromatic N) is 3. The maximum atomic E-state index is 12.7. The van der Waals surface area contributed by atoms with E-state index in [1.807, 2.05) is 11.8 Å². The van der Waals surface area contributed by atoms with Crippen molar-refractivity contribution >= 4 is 23.4 Å². The standard InChI is InChI=1S/C18H23N3O3/c1-13-7-5-6-10-20(13)17(23)12-21-15-9-4-3-8-14(15)18(24)19(2)11-16(21)22/h3-4,8-9,13H,5-7,10-12H2,1-2H3/t13-/m1/s1. The second-order valence-electron chi connectivity index (χ2n) is 6.59. The number of carbonyl (C=O) groups excluding carboxylic acids is 3. The van der Waals surface area contributed by atoms with Crippen molar-refractivity contribution in [2.24, 2.45) is 0 Å². The first-order valence-corrected chi connectivity index (χ1v) is 8.43. The lowest BCUT2D eigenvalue weighted by Crippen LogP contribution is -2.49. The molecule has 2 aliphatic rings. The Kier molecular flexibility index (Phi) is 4.55. The first-order valence-electron chi connectivity index (χ1n) is 8.43. The van der Waals surface area contributed by atoms with Gasteiger partial charge in [-0.25, -0.2) is 0 Å². The van der Waals surface area contributed by atoms with Gasteiger partial charge in [0, 0.05) is 19.6 Å². The summed E-state index contributed by atoms with van der Waals surface area (Å²) < 4.78 is 0. The fourth-order valence-corrected chi connectivity index (χ4v) is 3.46. The Labute approximate surface area is 142 Å². The molecule has 1 fully saturated rings. The minimum atomic E-state index is -0.228. The third-order valence-electron chi connectivity index (χ3n) is 4.86. The number of hydrogen-bond donors (Lipinski definition) is 0. The van der Waals surface area contributed by atoms with Crippen LogP contribution in [0.15, 0.2) is 24.3 Å². The van der Waals surface area contributed by atoms with E-state index in [0.29, 0.717) is 11.3 Å². The van der Waals surface area contributed by atoms with E-state index in [-0.39, 0.29) is 36.9 Å². The molecule has 0 N–H and O–H groups in total. The van der Waals surface area contributed by atoms with Gasteiger partial charge < -0.3 is 14.7 Å². The van der Waals surface area contributed by atoms with Crippen LogP contribution in [0.1, 0.15) is 36.5 Å². The Morgan fingerprint density at radius 2 is 1.96 bits per heavy atom. The van der Waals surface area contributed by atoms with Gasteiger partial charge in [0.1, 0.15) is 13.1 Å². The van der Waals surface area contributed by atoms with Gasteiger partial charge in [-0.1, -0.05) is 12.1 Å². The molecule has 3 amide bonds. The van der Waals surface area contributed by atoms with Crippen LogP contribution in [0.2, 0.25) is 0 Å². The van der Waals surface area contributed by atoms with Crippen LogP contribution in [0.4, 0.5) is 5.69 Å². The average molecular weight is 329 g/mol. The Balaban J connectivity index is 1.88. The maximum absolute atomic E-state index is 12.7. The summed E-state index contributed by atoms with van der Waals surface area (Å²) in [6.07, 6.45) is 3.13. The average Bonchev–Trinajstić information content (AvgIpc) is 2.66. The van der Waals surface area contributed by atoms with Crippen molar-refractivity contribution in [3.05, 3.63) is 29.8 Å². The molecule has 0 bridgehead atoms. The summed E-state index contributed by atoms with van der Waals surface area (Å²) in [5.74, 6) is -0.476. The van der Waals surface area contributed by atoms with Gasteiger partial charge in [0.15, 0.2) is 0 Å². The van der Waals surface area contributed by atoms with Crippen molar-refractivity contribution in [3.63, 3.8) is 0 Å². The van der Waals surface area contributed by atoms with Gasteiger partial charge in [-0.15, -0.1) is 0 Å². The molecule has 3 rings (SSSR count). The maximum Gasteiger partial charge on any atom is 0.256 e. The Morgan fingerprint density at radius 3 is 2.71 bits per heavy atom. The van der Waals surface area contributed by atoms with E-state index in [9.17, 15) is 14.4 Å². The third-order valence-corrected chi connectivity index (χ3v) is 4.86. The molecule has 2 aliphatic heterocycles. The monoisotopic (exact) mass is 329 g/mol. The lowest BCUT2D eigenvalue weighted by molar-refractivity contribution is -0.134. The van der Waals surface area contributed by atoms with Gasteiger partial charge in [0.25, 0.3) is 5.91 Å². The number of benzene rings is 1. The summed E-state index contributed by atoms with van der Waals surface area (Å²) in [4.78, 5) is 42.5. The first kappa shape index (κ1) is 16.5. The van der Waals surface area contributed by atoms with E-state index in [2.05, 4.69) is 0 Å². The highest BCUT2D eigenvalue weighted by molar-refractivity contribution is 6.11. The van der Waals surface area contributed by atoms with E-state index in [0.717, 1.165) is 25.8 Å². The number of hydrogen-bond acceptors (Lipinski definition) is 3. The van der Waals surface area contributed by atoms with Crippen LogP contribution in [-0.2, 0) is 9.59 Å². The second kappa shape index (κ2) is 6.63. The lowest BCUT2D eigenvalue weighted by Gasteiger charge is -2.35. The normalized spacial score (nSPS) is 21.6. The second-order valence-corrected chi connectivity index (χ2v) is 6.59. The summed E-state index contributed by atoms with van der Waals surface area (Å²) in [6.45, 7) is 2.76. The fraction of sp³-hybridized carbons (Fsp3) is 0.500. The van der Waals surface area contributed by atoms with Crippen molar-refractivity contribution < 1.29 is 14.4 Å². The van der Waals surface area contributed by atoms with Crippen molar-refractivity contribution in [3.8, 4) is 0 Å². The van der Waals surface area contributed by atoms with E-state index in [1.54, 1.807) is 31.3 Å². The van der Waals surface area contributed by atoms with Crippen LogP contribution in [0, 0.1) is 0 Å². The topological polar surface area (TPSA) is 60.9 Å². The van der Waals surface area contributed by atoms with Gasteiger partial charge in [0.2, 0.25) is 11.8 Å². The molecule has 1 aromatic carbocycles. The number of rotatable bonds is 2. The minimum Gasteiger partial charge on any atom is -0.338 e. The number of carbonyl (C=O) groups is 3. The highest BCUT2D eigenvalue weighted by Crippen LogP contribution is 2.26. The molecule has 1 atom stereocenters. The van der Waals surface area contributed by atoms with Gasteiger partial charge in [0.05, 0.1) is 11.3 Å². The van der Waals surface area contributed by atoms with Crippen LogP contribution in [-0.4, -0.2) is 60.2 Å². The molecule has 6 heteroatoms. The van der Waals surface area contributed by atoms with Crippen molar-refractivity contribution in [2.45, 2.75) is 32.2 Å². The molecule has 0 unspecified atom stereocenters. The van der Waals surface area contributed by atoms with E-state index < -0.39 is 0 Å². The summed E-state index contributed by atoms with van der Waals surface area (Å²) in [7, 11) is 1.61. The van der Waals surface area contributed by atoms with Crippen LogP contribution in [0.25, 0.3) is 0 Å². The van der Waals surface area contributed by atoms with Crippen LogP contribution in [0.3, 0.4) is 0 Å². The Morgan fingerprint density at radius 1 is 1.21 bits per heavy atom. The Hall–Kier alpha value is -2.37. The number of amides is 3. The molecule has 0 aromatic heterocycles. The molecule has 1 saturated heterocycles. The quantitative estimate of drug-likeness (QED) is 0.826. The molecule has 128 valence electrons. The van der Waals surface area contributed by atoms with E-state index in [4.69, 9.17) is 0 Å². The zero-order valence-corrected chi connectivity index (χ0v) is 14.2. The SMILES string of the molecule is C[C@@H]1CCCCN1C(=O)CN1C(=O)CN(C)C(=O)c2ccccc21. The number of piperidine rings is 1. The summed E-state index contributed by atoms with van der Waals surface area (Å²) >= 11 is 0. The molecule has 0 spiro atoms. The summed E-state index contributed by atoms with van der Waals surface area (Å²) in [6, 6.07) is 7.19. The number of fused-ring (bicyclic) bond motifs is 1. The van der Waals surface area contributed by atoms with Crippen LogP contribution >= 0.6 is 0 Å². The van der Waals surface area contributed by atoms with E-state index in [1.165, 1.54) is 9.80 Å². The van der Waals surface area contributed by atoms with E-state index >= 15 is 0 Å². The van der Waals surface area contributed by atoms with Crippen LogP contribution < -0.4 is 4.90 Å². The molecule has 0 saturated carbocycles. The van der Waals surface area contributed by atoms with Crippen molar-refractivity contribution in [2.75, 3.05) is 31.6 Å². The molecule has 24 heavy (non-hydrogen) atoms. The van der Waals surface area contributed by atoms with Gasteiger partial charge in [-0.3, -0.25) is 14.4 Å². The fourth-order valence-electron chi connectivity index (χ4n) is 3.46. The summed E-state index contributed by atoms with van der Waals surface area (Å²) in [5.41, 5.74) is 0.986. The molecule has 0 radical (unpaired) electrons. The Bertz CT molecular complexity index is 673. The molecular weight excluding hydrogens is 306 g/mol. The largest absolute Gasteiger partial charge is 0.338 e. The van der Waals surface area contributed by atoms with Crippen LogP contribution in [0.5, 0.6) is 0 Å². The van der Waals surface area contributed by atoms with Crippen molar-refractivity contribution in [1.82, 2.24) is 9.80 Å². The molecule has 6 nitrogen and oxygen atoms in total. The predicted molar refractivity (Wildman–Crippen MR) is 90.8 cm³/mol. The van der Waals surface area contributed by atoms with Crippen molar-refractivity contribution in [1.29, 1.82) is 0 Å². The highest BCUT2D eigenvalue weighted by Gasteiger charge is 2.32. The van der Waals surface area contributed by atoms with Gasteiger partial charge in [-0.2, -0.15) is 0 Å². The van der Waals surface area contributed by atoms with Gasteiger partial charge in [-0.05, 0) is 38.3 Å². The number of anilines is 1. The molecular formula is C18H23N3O3. The highest BCUT2D eigenvalue weighted by atomic mass is 16.2. The third kappa shape index (κ3) is 3.00. The first-order chi connectivity index (χ1) is 11.5. The zero-order chi connectivity index (χ0) is 17.3. The number of likely N-dealkylation sites (tertiary alicyclic amines) is 1. The molecule has 2 heterocycles. The molecule has 1 aromatic rings. The number of para-hydroxylation sites is 1.